The summed E-state index contributed by atoms with van der Waals surface area (Å²) in [5.41, 5.74) is 4.79. The van der Waals surface area contributed by atoms with Crippen LogP contribution in [0, 0.1) is 6.92 Å². The molecule has 1 nitrogen and oxygen atoms in total. The summed E-state index contributed by atoms with van der Waals surface area (Å²) < 4.78 is 2.40. The number of aryl methyl sites for hydroxylation is 1. The first kappa shape index (κ1) is 18.7. The highest BCUT2D eigenvalue weighted by molar-refractivity contribution is 6.19. The Morgan fingerprint density at radius 2 is 0.875 bits per heavy atom. The lowest BCUT2D eigenvalue weighted by Crippen LogP contribution is -1.97. The van der Waals surface area contributed by atoms with Gasteiger partial charge in [0.25, 0.3) is 0 Å². The lowest BCUT2D eigenvalue weighted by atomic mass is 10.00. The highest BCUT2D eigenvalue weighted by atomic mass is 15.0. The Morgan fingerprint density at radius 3 is 1.53 bits per heavy atom. The molecule has 0 unspecified atom stereocenters. The van der Waals surface area contributed by atoms with E-state index in [4.69, 9.17) is 0 Å². The van der Waals surface area contributed by atoms with E-state index in [0.717, 1.165) is 5.69 Å². The molecule has 0 saturated carbocycles. The molecule has 32 heavy (non-hydrogen) atoms. The van der Waals surface area contributed by atoms with Crippen LogP contribution < -0.4 is 0 Å². The van der Waals surface area contributed by atoms with Gasteiger partial charge in [-0.25, -0.2) is 0 Å². The number of hydrogen-bond donors (Lipinski definition) is 0. The van der Waals surface area contributed by atoms with Crippen molar-refractivity contribution in [2.45, 2.75) is 6.92 Å². The Balaban J connectivity index is 2.08. The first-order valence-corrected chi connectivity index (χ1v) is 11.1. The molecule has 0 N–H and O–H groups in total. The molecular weight excluding hydrogens is 386 g/mol. The summed E-state index contributed by atoms with van der Waals surface area (Å²) in [6.45, 7) is 2.17. The van der Waals surface area contributed by atoms with Crippen LogP contribution >= 0.6 is 0 Å². The van der Waals surface area contributed by atoms with Crippen molar-refractivity contribution in [3.8, 4) is 5.69 Å². The van der Waals surface area contributed by atoms with Gasteiger partial charge in [0, 0.05) is 16.5 Å². The minimum absolute atomic E-state index is 1.15. The molecule has 0 amide bonds. The predicted molar refractivity (Wildman–Crippen MR) is 138 cm³/mol. The van der Waals surface area contributed by atoms with Crippen molar-refractivity contribution in [3.05, 3.63) is 127 Å². The SMILES string of the molecule is Cc1ccc2c3ccccc3c3ccccc3n(-c3ccccc3)c3ccccc3c2c1. The number of benzene rings is 5. The molecule has 0 saturated heterocycles. The Labute approximate surface area is 187 Å². The fourth-order valence-electron chi connectivity index (χ4n) is 4.85. The molecule has 0 aliphatic rings. The Morgan fingerprint density at radius 1 is 0.406 bits per heavy atom. The van der Waals surface area contributed by atoms with Crippen molar-refractivity contribution in [2.24, 2.45) is 0 Å². The maximum atomic E-state index is 2.40. The summed E-state index contributed by atoms with van der Waals surface area (Å²) in [5, 5.41) is 7.52. The summed E-state index contributed by atoms with van der Waals surface area (Å²) in [7, 11) is 0. The van der Waals surface area contributed by atoms with Crippen LogP contribution in [0.25, 0.3) is 49.0 Å². The van der Waals surface area contributed by atoms with Gasteiger partial charge in [-0.15, -0.1) is 0 Å². The number of aromatic nitrogens is 1. The monoisotopic (exact) mass is 409 g/mol. The van der Waals surface area contributed by atoms with E-state index in [9.17, 15) is 0 Å². The van der Waals surface area contributed by atoms with Gasteiger partial charge < -0.3 is 4.57 Å². The van der Waals surface area contributed by atoms with E-state index < -0.39 is 0 Å². The zero-order chi connectivity index (χ0) is 21.5. The summed E-state index contributed by atoms with van der Waals surface area (Å²) in [6.07, 6.45) is 0. The molecule has 0 radical (unpaired) electrons. The Bertz CT molecular complexity index is 1670. The van der Waals surface area contributed by atoms with Crippen molar-refractivity contribution in [1.29, 1.82) is 0 Å². The van der Waals surface area contributed by atoms with Gasteiger partial charge in [-0.1, -0.05) is 103 Å². The molecule has 1 heterocycles. The zero-order valence-electron chi connectivity index (χ0n) is 18.0. The van der Waals surface area contributed by atoms with E-state index in [1.807, 2.05) is 0 Å². The van der Waals surface area contributed by atoms with E-state index in [-0.39, 0.29) is 0 Å². The summed E-state index contributed by atoms with van der Waals surface area (Å²) in [4.78, 5) is 0. The van der Waals surface area contributed by atoms with E-state index in [0.29, 0.717) is 0 Å². The molecule has 6 rings (SSSR count). The second-order valence-electron chi connectivity index (χ2n) is 8.30. The molecule has 1 heteroatoms. The molecule has 1 aromatic heterocycles. The third kappa shape index (κ3) is 2.94. The Hall–Kier alpha value is -4.10. The summed E-state index contributed by atoms with van der Waals surface area (Å²) >= 11 is 0. The lowest BCUT2D eigenvalue weighted by molar-refractivity contribution is 1.17. The quantitative estimate of drug-likeness (QED) is 0.256. The third-order valence-electron chi connectivity index (χ3n) is 6.28. The standard InChI is InChI=1S/C31H23N/c1-22-19-20-26-24-13-5-6-14-25(24)27-15-7-9-17-30(27)32(23-11-3-2-4-12-23)31-18-10-8-16-28(31)29(26)21-22/h2-21H,1H3. The minimum atomic E-state index is 1.15. The molecule has 5 aromatic carbocycles. The van der Waals surface area contributed by atoms with Crippen molar-refractivity contribution < 1.29 is 0 Å². The third-order valence-corrected chi connectivity index (χ3v) is 6.28. The average Bonchev–Trinajstić information content (AvgIpc) is 2.89. The first-order valence-electron chi connectivity index (χ1n) is 11.1. The predicted octanol–water partition coefficient (Wildman–Crippen LogP) is 8.52. The zero-order valence-corrected chi connectivity index (χ0v) is 18.0. The number of nitrogens with zero attached hydrogens (tertiary/aromatic N) is 1. The van der Waals surface area contributed by atoms with E-state index >= 15 is 0 Å². The van der Waals surface area contributed by atoms with E-state index in [2.05, 4.69) is 133 Å². The average molecular weight is 410 g/mol. The van der Waals surface area contributed by atoms with Crippen molar-refractivity contribution in [3.63, 3.8) is 0 Å². The van der Waals surface area contributed by atoms with Gasteiger partial charge >= 0.3 is 0 Å². The smallest absolute Gasteiger partial charge is 0.0540 e. The molecule has 0 bridgehead atoms. The second kappa shape index (κ2) is 7.55. The van der Waals surface area contributed by atoms with Gasteiger partial charge in [-0.2, -0.15) is 0 Å². The molecular formula is C31H23N. The highest BCUT2D eigenvalue weighted by Crippen LogP contribution is 2.34. The molecule has 152 valence electrons. The van der Waals surface area contributed by atoms with E-state index in [1.165, 1.54) is 48.9 Å². The lowest BCUT2D eigenvalue weighted by Gasteiger charge is -2.13. The molecule has 0 atom stereocenters. The number of rotatable bonds is 1. The molecule has 0 aliphatic carbocycles. The largest absolute Gasteiger partial charge is 0.309 e. The summed E-state index contributed by atoms with van der Waals surface area (Å²) in [6, 6.07) is 43.8. The topological polar surface area (TPSA) is 4.93 Å². The van der Waals surface area contributed by atoms with Gasteiger partial charge in [-0.3, -0.25) is 0 Å². The first-order chi connectivity index (χ1) is 15.8. The van der Waals surface area contributed by atoms with Gasteiger partial charge in [0.05, 0.1) is 11.0 Å². The fourth-order valence-corrected chi connectivity index (χ4v) is 4.85. The van der Waals surface area contributed by atoms with Crippen LogP contribution in [-0.2, 0) is 0 Å². The normalized spacial score (nSPS) is 11.3. The van der Waals surface area contributed by atoms with Gasteiger partial charge in [-0.05, 0) is 52.7 Å². The van der Waals surface area contributed by atoms with Crippen LogP contribution in [0.5, 0.6) is 0 Å². The minimum Gasteiger partial charge on any atom is -0.309 e. The summed E-state index contributed by atoms with van der Waals surface area (Å²) in [5.74, 6) is 0. The molecule has 6 aromatic rings. The van der Waals surface area contributed by atoms with Crippen molar-refractivity contribution in [2.75, 3.05) is 0 Å². The van der Waals surface area contributed by atoms with Crippen LogP contribution in [0.3, 0.4) is 0 Å². The van der Waals surface area contributed by atoms with Crippen LogP contribution in [0.15, 0.2) is 121 Å². The van der Waals surface area contributed by atoms with Crippen molar-refractivity contribution >= 4 is 43.4 Å². The van der Waals surface area contributed by atoms with Crippen LogP contribution in [0.1, 0.15) is 5.56 Å². The van der Waals surface area contributed by atoms with Gasteiger partial charge in [0.2, 0.25) is 0 Å². The molecule has 0 fully saturated rings. The maximum Gasteiger partial charge on any atom is 0.0540 e. The molecule has 0 spiro atoms. The van der Waals surface area contributed by atoms with Crippen molar-refractivity contribution in [1.82, 2.24) is 4.57 Å². The maximum absolute atomic E-state index is 2.40. The Kier molecular flexibility index (Phi) is 4.40. The van der Waals surface area contributed by atoms with E-state index in [1.54, 1.807) is 0 Å². The molecule has 0 aliphatic heterocycles. The van der Waals surface area contributed by atoms with Gasteiger partial charge in [0.15, 0.2) is 0 Å². The number of hydrogen-bond acceptors (Lipinski definition) is 0. The van der Waals surface area contributed by atoms with Crippen LogP contribution in [0.4, 0.5) is 0 Å². The second-order valence-corrected chi connectivity index (χ2v) is 8.30. The number of fused-ring (bicyclic) bond motifs is 7. The van der Waals surface area contributed by atoms with Crippen LogP contribution in [-0.4, -0.2) is 4.57 Å². The fraction of sp³-hybridized carbons (Fsp3) is 0.0323. The number of para-hydroxylation sites is 3. The highest BCUT2D eigenvalue weighted by Gasteiger charge is 2.10. The van der Waals surface area contributed by atoms with Gasteiger partial charge in [0.1, 0.15) is 0 Å². The van der Waals surface area contributed by atoms with Crippen LogP contribution in [0.2, 0.25) is 0 Å².